The summed E-state index contributed by atoms with van der Waals surface area (Å²) in [7, 11) is 1.65. The van der Waals surface area contributed by atoms with Gasteiger partial charge in [0.1, 0.15) is 5.75 Å². The summed E-state index contributed by atoms with van der Waals surface area (Å²) in [6.45, 7) is 4.23. The minimum Gasteiger partial charge on any atom is -0.496 e. The molecule has 4 nitrogen and oxygen atoms in total. The zero-order valence-corrected chi connectivity index (χ0v) is 11.0. The van der Waals surface area contributed by atoms with E-state index in [-0.39, 0.29) is 11.8 Å². The van der Waals surface area contributed by atoms with Crippen molar-refractivity contribution >= 4 is 5.91 Å². The van der Waals surface area contributed by atoms with Gasteiger partial charge in [0, 0.05) is 25.2 Å². The van der Waals surface area contributed by atoms with Crippen LogP contribution in [0.5, 0.6) is 5.75 Å². The molecule has 1 heterocycles. The monoisotopic (exact) mass is 248 g/mol. The number of rotatable bonds is 5. The summed E-state index contributed by atoms with van der Waals surface area (Å²) in [5, 5.41) is 6.06. The Morgan fingerprint density at radius 3 is 2.83 bits per heavy atom. The molecule has 0 radical (unpaired) electrons. The van der Waals surface area contributed by atoms with E-state index in [9.17, 15) is 4.79 Å². The van der Waals surface area contributed by atoms with Gasteiger partial charge in [-0.2, -0.15) is 0 Å². The number of hydrogen-bond donors (Lipinski definition) is 2. The highest BCUT2D eigenvalue weighted by molar-refractivity contribution is 5.80. The molecule has 1 saturated heterocycles. The molecule has 1 aromatic carbocycles. The zero-order valence-electron chi connectivity index (χ0n) is 11.0. The van der Waals surface area contributed by atoms with Gasteiger partial charge in [-0.15, -0.1) is 0 Å². The van der Waals surface area contributed by atoms with Crippen LogP contribution in [0.15, 0.2) is 18.2 Å². The van der Waals surface area contributed by atoms with Crippen molar-refractivity contribution < 1.29 is 9.53 Å². The number of hydrogen-bond acceptors (Lipinski definition) is 3. The van der Waals surface area contributed by atoms with E-state index in [4.69, 9.17) is 4.74 Å². The van der Waals surface area contributed by atoms with Gasteiger partial charge in [0.25, 0.3) is 0 Å². The lowest BCUT2D eigenvalue weighted by atomic mass is 10.0. The molecule has 1 fully saturated rings. The lowest BCUT2D eigenvalue weighted by Crippen LogP contribution is -2.50. The van der Waals surface area contributed by atoms with Crippen LogP contribution in [-0.2, 0) is 17.8 Å². The van der Waals surface area contributed by atoms with Crippen LogP contribution in [0.4, 0.5) is 0 Å². The fourth-order valence-corrected chi connectivity index (χ4v) is 1.99. The maximum atomic E-state index is 11.8. The number of ether oxygens (including phenoxy) is 1. The minimum atomic E-state index is 0.123. The Balaban J connectivity index is 2.00. The predicted octanol–water partition coefficient (Wildman–Crippen LogP) is 1.09. The first-order valence-corrected chi connectivity index (χ1v) is 6.38. The first kappa shape index (κ1) is 12.9. The topological polar surface area (TPSA) is 50.4 Å². The molecule has 0 saturated carbocycles. The fourth-order valence-electron chi connectivity index (χ4n) is 1.99. The van der Waals surface area contributed by atoms with Crippen LogP contribution in [-0.4, -0.2) is 26.1 Å². The SMILES string of the molecule is CCc1ccc(OC)c(CNC(=O)C2CNC2)c1. The van der Waals surface area contributed by atoms with E-state index in [1.165, 1.54) is 5.56 Å². The highest BCUT2D eigenvalue weighted by Crippen LogP contribution is 2.20. The molecule has 1 amide bonds. The molecule has 0 spiro atoms. The van der Waals surface area contributed by atoms with E-state index in [2.05, 4.69) is 29.7 Å². The summed E-state index contributed by atoms with van der Waals surface area (Å²) < 4.78 is 5.31. The van der Waals surface area contributed by atoms with Crippen molar-refractivity contribution in [3.63, 3.8) is 0 Å². The van der Waals surface area contributed by atoms with E-state index < -0.39 is 0 Å². The highest BCUT2D eigenvalue weighted by Gasteiger charge is 2.24. The third-order valence-corrected chi connectivity index (χ3v) is 3.36. The maximum Gasteiger partial charge on any atom is 0.225 e. The van der Waals surface area contributed by atoms with E-state index in [1.807, 2.05) is 6.07 Å². The first-order valence-electron chi connectivity index (χ1n) is 6.38. The van der Waals surface area contributed by atoms with Crippen LogP contribution in [0.1, 0.15) is 18.1 Å². The lowest BCUT2D eigenvalue weighted by molar-refractivity contribution is -0.126. The first-order chi connectivity index (χ1) is 8.74. The predicted molar refractivity (Wildman–Crippen MR) is 70.6 cm³/mol. The molecular weight excluding hydrogens is 228 g/mol. The van der Waals surface area contributed by atoms with E-state index in [0.717, 1.165) is 30.8 Å². The van der Waals surface area contributed by atoms with Crippen molar-refractivity contribution in [3.8, 4) is 5.75 Å². The number of methoxy groups -OCH3 is 1. The molecule has 98 valence electrons. The molecule has 0 unspecified atom stereocenters. The molecule has 0 aliphatic carbocycles. The van der Waals surface area contributed by atoms with Crippen molar-refractivity contribution in [2.75, 3.05) is 20.2 Å². The van der Waals surface area contributed by atoms with Gasteiger partial charge in [0.15, 0.2) is 0 Å². The number of amides is 1. The van der Waals surface area contributed by atoms with Crippen LogP contribution in [0.2, 0.25) is 0 Å². The van der Waals surface area contributed by atoms with Crippen LogP contribution in [0.25, 0.3) is 0 Å². The Labute approximate surface area is 108 Å². The third-order valence-electron chi connectivity index (χ3n) is 3.36. The fraction of sp³-hybridized carbons (Fsp3) is 0.500. The number of benzene rings is 1. The van der Waals surface area contributed by atoms with Gasteiger partial charge in [0.05, 0.1) is 13.0 Å². The number of nitrogens with one attached hydrogen (secondary N) is 2. The van der Waals surface area contributed by atoms with Crippen molar-refractivity contribution in [2.45, 2.75) is 19.9 Å². The molecule has 2 rings (SSSR count). The molecule has 2 N–H and O–H groups in total. The largest absolute Gasteiger partial charge is 0.496 e. The molecule has 1 aliphatic heterocycles. The Morgan fingerprint density at radius 1 is 1.50 bits per heavy atom. The van der Waals surface area contributed by atoms with Crippen molar-refractivity contribution in [3.05, 3.63) is 29.3 Å². The molecule has 1 aromatic rings. The van der Waals surface area contributed by atoms with Gasteiger partial charge in [0.2, 0.25) is 5.91 Å². The highest BCUT2D eigenvalue weighted by atomic mass is 16.5. The molecule has 0 aromatic heterocycles. The normalized spacial score (nSPS) is 15.0. The molecule has 1 aliphatic rings. The van der Waals surface area contributed by atoms with Crippen molar-refractivity contribution in [2.24, 2.45) is 5.92 Å². The molecule has 4 heteroatoms. The number of aryl methyl sites for hydroxylation is 1. The van der Waals surface area contributed by atoms with Crippen molar-refractivity contribution in [1.82, 2.24) is 10.6 Å². The Bertz CT molecular complexity index is 428. The van der Waals surface area contributed by atoms with Crippen LogP contribution < -0.4 is 15.4 Å². The summed E-state index contributed by atoms with van der Waals surface area (Å²) in [5.74, 6) is 1.09. The van der Waals surface area contributed by atoms with E-state index >= 15 is 0 Å². The summed E-state index contributed by atoms with van der Waals surface area (Å²) in [6, 6.07) is 6.11. The average Bonchev–Trinajstić information content (AvgIpc) is 2.33. The molecule has 0 atom stereocenters. The van der Waals surface area contributed by atoms with Crippen molar-refractivity contribution in [1.29, 1.82) is 0 Å². The van der Waals surface area contributed by atoms with Gasteiger partial charge >= 0.3 is 0 Å². The van der Waals surface area contributed by atoms with Crippen LogP contribution in [0.3, 0.4) is 0 Å². The van der Waals surface area contributed by atoms with Gasteiger partial charge in [-0.25, -0.2) is 0 Å². The van der Waals surface area contributed by atoms with Crippen LogP contribution >= 0.6 is 0 Å². The lowest BCUT2D eigenvalue weighted by Gasteiger charge is -2.26. The molecular formula is C14H20N2O2. The molecule has 0 bridgehead atoms. The number of carbonyl (C=O) groups is 1. The maximum absolute atomic E-state index is 11.8. The summed E-state index contributed by atoms with van der Waals surface area (Å²) in [5.41, 5.74) is 2.29. The van der Waals surface area contributed by atoms with Gasteiger partial charge < -0.3 is 15.4 Å². The second-order valence-corrected chi connectivity index (χ2v) is 4.57. The summed E-state index contributed by atoms with van der Waals surface area (Å²) in [6.07, 6.45) is 0.984. The third kappa shape index (κ3) is 2.82. The minimum absolute atomic E-state index is 0.123. The van der Waals surface area contributed by atoms with Gasteiger partial charge in [-0.05, 0) is 18.1 Å². The van der Waals surface area contributed by atoms with E-state index in [1.54, 1.807) is 7.11 Å². The van der Waals surface area contributed by atoms with Gasteiger partial charge in [-0.1, -0.05) is 19.1 Å². The van der Waals surface area contributed by atoms with Crippen LogP contribution in [0, 0.1) is 5.92 Å². The Hall–Kier alpha value is -1.55. The average molecular weight is 248 g/mol. The number of carbonyl (C=O) groups excluding carboxylic acids is 1. The summed E-state index contributed by atoms with van der Waals surface area (Å²) in [4.78, 5) is 11.8. The Morgan fingerprint density at radius 2 is 2.28 bits per heavy atom. The molecule has 18 heavy (non-hydrogen) atoms. The smallest absolute Gasteiger partial charge is 0.225 e. The van der Waals surface area contributed by atoms with Gasteiger partial charge in [-0.3, -0.25) is 4.79 Å². The Kier molecular flexibility index (Phi) is 4.20. The second-order valence-electron chi connectivity index (χ2n) is 4.57. The van der Waals surface area contributed by atoms with E-state index in [0.29, 0.717) is 6.54 Å². The second kappa shape index (κ2) is 5.87. The standard InChI is InChI=1S/C14H20N2O2/c1-3-10-4-5-13(18-2)11(6-10)9-16-14(17)12-7-15-8-12/h4-6,12,15H,3,7-9H2,1-2H3,(H,16,17). The quantitative estimate of drug-likeness (QED) is 0.820. The summed E-state index contributed by atoms with van der Waals surface area (Å²) >= 11 is 0. The zero-order chi connectivity index (χ0) is 13.0.